The Balaban J connectivity index is 2.12. The molecule has 0 spiro atoms. The van der Waals surface area contributed by atoms with Crippen LogP contribution in [-0.2, 0) is 6.42 Å². The van der Waals surface area contributed by atoms with Gasteiger partial charge in [0.2, 0.25) is 0 Å². The molecule has 0 saturated heterocycles. The second-order valence-electron chi connectivity index (χ2n) is 6.79. The molecule has 19 heavy (non-hydrogen) atoms. The quantitative estimate of drug-likeness (QED) is 0.721. The van der Waals surface area contributed by atoms with Gasteiger partial charge in [-0.3, -0.25) is 0 Å². The Morgan fingerprint density at radius 1 is 1.21 bits per heavy atom. The molecule has 3 heteroatoms. The summed E-state index contributed by atoms with van der Waals surface area (Å²) in [6.07, 6.45) is 6.78. The van der Waals surface area contributed by atoms with Crippen LogP contribution < -0.4 is 5.73 Å². The van der Waals surface area contributed by atoms with Gasteiger partial charge in [-0.05, 0) is 55.2 Å². The van der Waals surface area contributed by atoms with E-state index in [-0.39, 0.29) is 5.54 Å². The molecule has 1 aromatic carbocycles. The Bertz CT molecular complexity index is 458. The second kappa shape index (κ2) is 5.75. The predicted molar refractivity (Wildman–Crippen MR) is 86.6 cm³/mol. The maximum Gasteiger partial charge on any atom is 0.0449 e. The van der Waals surface area contributed by atoms with Crippen LogP contribution in [0, 0.1) is 5.41 Å². The fraction of sp³-hybridized carbons (Fsp3) is 0.625. The van der Waals surface area contributed by atoms with E-state index in [4.69, 9.17) is 17.3 Å². The lowest BCUT2D eigenvalue weighted by atomic mass is 9.81. The minimum absolute atomic E-state index is 0.0920. The largest absolute Gasteiger partial charge is 0.325 e. The van der Waals surface area contributed by atoms with Gasteiger partial charge >= 0.3 is 0 Å². The fourth-order valence-electron chi connectivity index (χ4n) is 2.98. The molecule has 2 N–H and O–H groups in total. The first-order valence-corrected chi connectivity index (χ1v) is 8.20. The van der Waals surface area contributed by atoms with Crippen molar-refractivity contribution in [2.45, 2.75) is 57.9 Å². The predicted octanol–water partition coefficient (Wildman–Crippen LogP) is 5.33. The number of benzene rings is 1. The molecule has 0 amide bonds. The van der Waals surface area contributed by atoms with Crippen LogP contribution in [0.3, 0.4) is 0 Å². The zero-order valence-corrected chi connectivity index (χ0v) is 14.1. The van der Waals surface area contributed by atoms with Crippen molar-refractivity contribution in [1.29, 1.82) is 0 Å². The zero-order valence-electron chi connectivity index (χ0n) is 11.8. The second-order valence-corrected chi connectivity index (χ2v) is 8.12. The van der Waals surface area contributed by atoms with Crippen LogP contribution in [0.15, 0.2) is 22.7 Å². The highest BCUT2D eigenvalue weighted by atomic mass is 79.9. The van der Waals surface area contributed by atoms with E-state index in [0.29, 0.717) is 5.41 Å². The normalized spacial score (nSPS) is 27.0. The smallest absolute Gasteiger partial charge is 0.0449 e. The van der Waals surface area contributed by atoms with Crippen molar-refractivity contribution in [2.24, 2.45) is 11.1 Å². The molecule has 106 valence electrons. The standard InChI is InChI=1S/C16H23BrClN/c1-15(2)6-3-7-16(19,9-8-15)11-12-4-5-13(17)10-14(12)18/h4-5,10H,3,6-9,11,19H2,1-2H3. The van der Waals surface area contributed by atoms with E-state index < -0.39 is 0 Å². The molecule has 1 atom stereocenters. The number of hydrogen-bond acceptors (Lipinski definition) is 1. The van der Waals surface area contributed by atoms with Gasteiger partial charge in [0.05, 0.1) is 0 Å². The maximum absolute atomic E-state index is 6.65. The van der Waals surface area contributed by atoms with Gasteiger partial charge in [-0.2, -0.15) is 0 Å². The van der Waals surface area contributed by atoms with Crippen LogP contribution >= 0.6 is 27.5 Å². The van der Waals surface area contributed by atoms with Crippen molar-refractivity contribution in [1.82, 2.24) is 0 Å². The molecule has 1 saturated carbocycles. The lowest BCUT2D eigenvalue weighted by Crippen LogP contribution is -2.41. The van der Waals surface area contributed by atoms with Gasteiger partial charge in [-0.1, -0.05) is 53.9 Å². The lowest BCUT2D eigenvalue weighted by Gasteiger charge is -2.29. The summed E-state index contributed by atoms with van der Waals surface area (Å²) in [7, 11) is 0. The summed E-state index contributed by atoms with van der Waals surface area (Å²) in [5.74, 6) is 0. The number of hydrogen-bond donors (Lipinski definition) is 1. The van der Waals surface area contributed by atoms with Crippen LogP contribution in [0.2, 0.25) is 5.02 Å². The first kappa shape index (κ1) is 15.3. The summed E-state index contributed by atoms with van der Waals surface area (Å²) < 4.78 is 1.02. The molecule has 0 aliphatic heterocycles. The molecule has 1 aliphatic rings. The van der Waals surface area contributed by atoms with Gasteiger partial charge in [0.15, 0.2) is 0 Å². The van der Waals surface area contributed by atoms with Crippen molar-refractivity contribution in [3.05, 3.63) is 33.3 Å². The molecule has 0 radical (unpaired) electrons. The van der Waals surface area contributed by atoms with Gasteiger partial charge in [0, 0.05) is 15.0 Å². The van der Waals surface area contributed by atoms with Crippen molar-refractivity contribution in [3.63, 3.8) is 0 Å². The Morgan fingerprint density at radius 2 is 1.95 bits per heavy atom. The average molecular weight is 345 g/mol. The third-order valence-electron chi connectivity index (χ3n) is 4.39. The minimum atomic E-state index is -0.0920. The zero-order chi connectivity index (χ0) is 14.1. The Morgan fingerprint density at radius 3 is 2.63 bits per heavy atom. The first-order chi connectivity index (χ1) is 8.80. The SMILES string of the molecule is CC1(C)CCCC(N)(Cc2ccc(Br)cc2Cl)CC1. The van der Waals surface area contributed by atoms with Crippen LogP contribution in [-0.4, -0.2) is 5.54 Å². The summed E-state index contributed by atoms with van der Waals surface area (Å²) in [6.45, 7) is 4.71. The monoisotopic (exact) mass is 343 g/mol. The maximum atomic E-state index is 6.65. The fourth-order valence-corrected chi connectivity index (χ4v) is 3.72. The van der Waals surface area contributed by atoms with E-state index in [1.165, 1.54) is 24.8 Å². The lowest BCUT2D eigenvalue weighted by molar-refractivity contribution is 0.297. The highest BCUT2D eigenvalue weighted by molar-refractivity contribution is 9.10. The van der Waals surface area contributed by atoms with E-state index in [1.54, 1.807) is 0 Å². The molecule has 0 bridgehead atoms. The summed E-state index contributed by atoms with van der Waals surface area (Å²) >= 11 is 9.77. The number of nitrogens with two attached hydrogens (primary N) is 1. The average Bonchev–Trinajstić information content (AvgIpc) is 2.43. The van der Waals surface area contributed by atoms with Crippen LogP contribution in [0.4, 0.5) is 0 Å². The molecular formula is C16H23BrClN. The molecule has 0 aromatic heterocycles. The first-order valence-electron chi connectivity index (χ1n) is 7.03. The van der Waals surface area contributed by atoms with Gasteiger partial charge in [-0.15, -0.1) is 0 Å². The molecule has 0 heterocycles. The highest BCUT2D eigenvalue weighted by Gasteiger charge is 2.32. The molecule has 1 nitrogen and oxygen atoms in total. The minimum Gasteiger partial charge on any atom is -0.325 e. The molecule has 2 rings (SSSR count). The van der Waals surface area contributed by atoms with Gasteiger partial charge in [0.25, 0.3) is 0 Å². The van der Waals surface area contributed by atoms with Crippen molar-refractivity contribution in [3.8, 4) is 0 Å². The van der Waals surface area contributed by atoms with E-state index in [0.717, 1.165) is 28.8 Å². The third kappa shape index (κ3) is 4.21. The highest BCUT2D eigenvalue weighted by Crippen LogP contribution is 2.39. The summed E-state index contributed by atoms with van der Waals surface area (Å²) in [5, 5.41) is 0.822. The molecule has 1 unspecified atom stereocenters. The molecule has 1 aliphatic carbocycles. The van der Waals surface area contributed by atoms with Crippen LogP contribution in [0.25, 0.3) is 0 Å². The van der Waals surface area contributed by atoms with Crippen LogP contribution in [0.5, 0.6) is 0 Å². The summed E-state index contributed by atoms with van der Waals surface area (Å²) in [6, 6.07) is 6.10. The van der Waals surface area contributed by atoms with Crippen molar-refractivity contribution in [2.75, 3.05) is 0 Å². The molecular weight excluding hydrogens is 322 g/mol. The Kier molecular flexibility index (Phi) is 4.64. The van der Waals surface area contributed by atoms with Crippen molar-refractivity contribution >= 4 is 27.5 Å². The number of halogens is 2. The summed E-state index contributed by atoms with van der Waals surface area (Å²) in [4.78, 5) is 0. The van der Waals surface area contributed by atoms with E-state index in [9.17, 15) is 0 Å². The Hall–Kier alpha value is -0.0500. The third-order valence-corrected chi connectivity index (χ3v) is 5.23. The summed E-state index contributed by atoms with van der Waals surface area (Å²) in [5.41, 5.74) is 8.17. The Labute approximate surface area is 130 Å². The van der Waals surface area contributed by atoms with Gasteiger partial charge < -0.3 is 5.73 Å². The van der Waals surface area contributed by atoms with E-state index >= 15 is 0 Å². The van der Waals surface area contributed by atoms with Gasteiger partial charge in [0.1, 0.15) is 0 Å². The molecule has 1 aromatic rings. The number of rotatable bonds is 2. The topological polar surface area (TPSA) is 26.0 Å². The van der Waals surface area contributed by atoms with Gasteiger partial charge in [-0.25, -0.2) is 0 Å². The van der Waals surface area contributed by atoms with E-state index in [2.05, 4.69) is 35.8 Å². The molecule has 1 fully saturated rings. The van der Waals surface area contributed by atoms with Crippen molar-refractivity contribution < 1.29 is 0 Å². The van der Waals surface area contributed by atoms with E-state index in [1.807, 2.05) is 12.1 Å². The van der Waals surface area contributed by atoms with Crippen LogP contribution in [0.1, 0.15) is 51.5 Å².